The number of carbonyl (C=O) groups is 7. The molecule has 11 aromatic rings. The van der Waals surface area contributed by atoms with E-state index in [4.69, 9.17) is 15.6 Å². The molecule has 0 atom stereocenters. The van der Waals surface area contributed by atoms with Crippen molar-refractivity contribution in [2.24, 2.45) is 0 Å². The molecule has 8 aromatic carbocycles. The highest BCUT2D eigenvalue weighted by Crippen LogP contribution is 2.27. The fourth-order valence-electron chi connectivity index (χ4n) is 11.7. The molecule has 11 rings (SSSR count). The molecule has 25 nitrogen and oxygen atoms in total. The Balaban J connectivity index is 0.000000195. The van der Waals surface area contributed by atoms with Crippen molar-refractivity contribution in [3.63, 3.8) is 0 Å². The monoisotopic (exact) mass is 1430 g/mol. The molecule has 7 amide bonds. The number of hydroxylamine groups is 3. The summed E-state index contributed by atoms with van der Waals surface area (Å²) >= 11 is 0. The number of imidazole rings is 1. The zero-order valence-corrected chi connectivity index (χ0v) is 57.9. The Hall–Kier alpha value is -12.1. The summed E-state index contributed by atoms with van der Waals surface area (Å²) in [5.41, 5.74) is 15.0. The predicted molar refractivity (Wildman–Crippen MR) is 406 cm³/mol. The van der Waals surface area contributed by atoms with Crippen LogP contribution in [0, 0.1) is 0 Å². The summed E-state index contributed by atoms with van der Waals surface area (Å²) in [5.74, 6) is -1.72. The largest absolute Gasteiger partial charge is 0.395 e. The first-order valence-corrected chi connectivity index (χ1v) is 33.7. The van der Waals surface area contributed by atoms with Gasteiger partial charge in [0.05, 0.1) is 43.6 Å². The van der Waals surface area contributed by atoms with E-state index < -0.39 is 11.8 Å². The Labute approximate surface area is 609 Å². The molecule has 0 aliphatic rings. The fraction of sp³-hybridized carbons (Fsp3) is 0.225. The number of aromatic nitrogens is 4. The highest BCUT2D eigenvalue weighted by atomic mass is 16.5. The molecule has 10 N–H and O–H groups in total. The number of aliphatic hydroxyl groups excluding tert-OH is 3. The van der Waals surface area contributed by atoms with E-state index >= 15 is 0 Å². The first-order chi connectivity index (χ1) is 50.6. The Morgan fingerprint density at radius 3 is 1.32 bits per heavy atom. The molecule has 0 aliphatic carbocycles. The minimum absolute atomic E-state index is 0. The molecule has 0 fully saturated rings. The van der Waals surface area contributed by atoms with Gasteiger partial charge in [0.15, 0.2) is 0 Å². The van der Waals surface area contributed by atoms with Crippen molar-refractivity contribution in [2.75, 3.05) is 72.6 Å². The summed E-state index contributed by atoms with van der Waals surface area (Å²) in [4.78, 5) is 96.8. The van der Waals surface area contributed by atoms with Crippen LogP contribution >= 0.6 is 0 Å². The lowest BCUT2D eigenvalue weighted by Crippen LogP contribution is -2.36. The number of aliphatic hydroxyl groups is 3. The molecular weight excluding hydrogens is 1340 g/mol. The van der Waals surface area contributed by atoms with Gasteiger partial charge in [-0.05, 0) is 114 Å². The van der Waals surface area contributed by atoms with Crippen LogP contribution in [0.2, 0.25) is 0 Å². The second kappa shape index (κ2) is 41.1. The van der Waals surface area contributed by atoms with Crippen LogP contribution in [0.15, 0.2) is 243 Å². The average Bonchev–Trinajstić information content (AvgIpc) is 1.93. The molecule has 0 saturated heterocycles. The van der Waals surface area contributed by atoms with Crippen molar-refractivity contribution in [2.45, 2.75) is 66.1 Å². The van der Waals surface area contributed by atoms with Gasteiger partial charge in [-0.15, -0.1) is 0 Å². The summed E-state index contributed by atoms with van der Waals surface area (Å²) < 4.78 is 5.44. The summed E-state index contributed by atoms with van der Waals surface area (Å²) in [7, 11) is 1.63. The van der Waals surface area contributed by atoms with Crippen LogP contribution in [-0.4, -0.2) is 144 Å². The summed E-state index contributed by atoms with van der Waals surface area (Å²) in [5, 5.41) is 59.3. The van der Waals surface area contributed by atoms with Crippen LogP contribution in [0.25, 0.3) is 32.8 Å². The van der Waals surface area contributed by atoms with Crippen LogP contribution < -0.4 is 41.4 Å². The van der Waals surface area contributed by atoms with Gasteiger partial charge in [-0.2, -0.15) is 0 Å². The van der Waals surface area contributed by atoms with Crippen molar-refractivity contribution < 1.29 is 64.5 Å². The van der Waals surface area contributed by atoms with Gasteiger partial charge in [-0.1, -0.05) is 148 Å². The third-order valence-corrected chi connectivity index (χ3v) is 16.7. The number of nitrogens with zero attached hydrogens (tertiary/aromatic N) is 8. The second-order valence-corrected chi connectivity index (χ2v) is 23.7. The minimum Gasteiger partial charge on any atom is -0.395 e. The number of hydrogen-bond acceptors (Lipinski definition) is 15. The lowest BCUT2D eigenvalue weighted by atomic mass is 10.1. The first kappa shape index (κ1) is 80.2. The van der Waals surface area contributed by atoms with Gasteiger partial charge < -0.3 is 53.9 Å². The Bertz CT molecular complexity index is 4650. The zero-order chi connectivity index (χ0) is 74.3. The number of nitrogens with one attached hydrogen (secondary N) is 4. The molecular formula is C80H90N12O13. The van der Waals surface area contributed by atoms with Crippen molar-refractivity contribution in [1.82, 2.24) is 40.4 Å². The first-order valence-electron chi connectivity index (χ1n) is 33.7. The number of hydrogen-bond donors (Lipinski definition) is 10. The quantitative estimate of drug-likeness (QED) is 0.0161. The number of amides is 7. The highest BCUT2D eigenvalue weighted by molar-refractivity contribution is 6.05. The molecule has 3 heterocycles. The third-order valence-electron chi connectivity index (χ3n) is 16.7. The molecule has 0 saturated carbocycles. The van der Waals surface area contributed by atoms with Crippen molar-refractivity contribution in [3.8, 4) is 0 Å². The number of fused-ring (bicyclic) bond motifs is 3. The van der Waals surface area contributed by atoms with Crippen LogP contribution in [0.1, 0.15) is 64.6 Å². The zero-order valence-electron chi connectivity index (χ0n) is 57.9. The summed E-state index contributed by atoms with van der Waals surface area (Å²) in [6, 6.07) is 64.6. The number of carbonyl (C=O) groups excluding carboxylic acids is 7. The fourth-order valence-corrected chi connectivity index (χ4v) is 11.7. The molecule has 0 unspecified atom stereocenters. The van der Waals surface area contributed by atoms with E-state index in [0.29, 0.717) is 53.8 Å². The van der Waals surface area contributed by atoms with E-state index in [1.807, 2.05) is 186 Å². The molecule has 0 spiro atoms. The van der Waals surface area contributed by atoms with Crippen molar-refractivity contribution >= 4 is 96.9 Å². The van der Waals surface area contributed by atoms with E-state index in [1.165, 1.54) is 17.3 Å². The van der Waals surface area contributed by atoms with Gasteiger partial charge in [0, 0.05) is 114 Å². The average molecular weight is 1430 g/mol. The van der Waals surface area contributed by atoms with E-state index in [-0.39, 0.29) is 108 Å². The van der Waals surface area contributed by atoms with E-state index in [0.717, 1.165) is 62.0 Å². The lowest BCUT2D eigenvalue weighted by Gasteiger charge is -2.22. The maximum atomic E-state index is 13.0. The summed E-state index contributed by atoms with van der Waals surface area (Å²) in [6.07, 6.45) is 7.85. The van der Waals surface area contributed by atoms with Crippen LogP contribution in [-0.2, 0) is 62.9 Å². The maximum absolute atomic E-state index is 13.0. The van der Waals surface area contributed by atoms with Gasteiger partial charge >= 0.3 is 0 Å². The normalized spacial score (nSPS) is 10.5. The molecule has 548 valence electrons. The van der Waals surface area contributed by atoms with Gasteiger partial charge in [-0.25, -0.2) is 15.9 Å². The molecule has 25 heteroatoms. The lowest BCUT2D eigenvalue weighted by molar-refractivity contribution is -0.121. The minimum atomic E-state index is -0.668. The predicted octanol–water partition coefficient (Wildman–Crippen LogP) is 9.66. The molecule has 0 bridgehead atoms. The molecule has 0 aliphatic heterocycles. The molecule has 3 aromatic heterocycles. The van der Waals surface area contributed by atoms with Gasteiger partial charge in [0.1, 0.15) is 25.2 Å². The van der Waals surface area contributed by atoms with E-state index in [9.17, 15) is 48.9 Å². The molecule has 105 heavy (non-hydrogen) atoms. The maximum Gasteiger partial charge on any atom is 0.276 e. The number of benzene rings is 8. The number of aryl methyl sites for hydroxylation is 1. The second-order valence-electron chi connectivity index (χ2n) is 23.7. The SMILES string of the molecule is C.C=C(Cc1cn(CC(=O)N(CCO)c2ccccc2)c2ccccc12)NO.CCCN(C(=O)Cc1cccc(C(=O)NO)c1)c1ccccc1.CNC(=O)CCc1cn(CC(=O)N(CCO)c2ccccc2)c2ccccc12.O=C(NO)c1cccc2c1ncn2CC(=O)N(CCO)c1ccccc1. The van der Waals surface area contributed by atoms with Gasteiger partial charge in [0.25, 0.3) is 11.8 Å². The number of anilines is 4. The summed E-state index contributed by atoms with van der Waals surface area (Å²) in [6.45, 7) is 7.01. The molecule has 0 radical (unpaired) electrons. The van der Waals surface area contributed by atoms with E-state index in [1.54, 1.807) is 85.8 Å². The highest BCUT2D eigenvalue weighted by Gasteiger charge is 2.23. The Kier molecular flexibility index (Phi) is 31.4. The van der Waals surface area contributed by atoms with Crippen molar-refractivity contribution in [1.29, 1.82) is 0 Å². The van der Waals surface area contributed by atoms with Crippen LogP contribution in [0.3, 0.4) is 0 Å². The van der Waals surface area contributed by atoms with Crippen LogP contribution in [0.5, 0.6) is 0 Å². The van der Waals surface area contributed by atoms with Crippen LogP contribution in [0.4, 0.5) is 22.7 Å². The van der Waals surface area contributed by atoms with Crippen molar-refractivity contribution in [3.05, 3.63) is 271 Å². The number of rotatable bonds is 28. The number of para-hydroxylation sites is 7. The topological polar surface area (TPSA) is 330 Å². The number of allylic oxidation sites excluding steroid dienone is 1. The smallest absolute Gasteiger partial charge is 0.276 e. The standard InChI is InChI=1S/C22H25N3O3.C21H23N3O3.C18H18N4O4.C18H20N2O3.CH4/c1-23-21(27)12-11-17-15-24(20-10-6-5-9-19(17)20)16-22(28)25(13-14-26)18-7-3-2-4-8-18;1-16(22-27)13-17-14-23(20-10-6-5-9-19(17)20)15-21(26)24(11-12-25)18-7-3-2-4-8-18;23-10-9-22(13-5-2-1-3-6-13)16(24)11-21-12-19-17-14(18(25)20-26)7-4-8-15(17)21;1-2-11-20(16-9-4-3-5-10-16)17(21)13-14-7-6-8-15(12-14)18(22)19-23;/h2-10,15,26H,11-14,16H2,1H3,(H,23,27);2-10,14,22,25,27H,1,11-13,15H2;1-8,12,23,26H,9-11H2,(H,20,25);3-10,12,23H,2,11,13H2,1H3,(H,19,22);1H4. The third kappa shape index (κ3) is 22.0. The van der Waals surface area contributed by atoms with E-state index in [2.05, 4.69) is 22.4 Å². The van der Waals surface area contributed by atoms with Gasteiger partial charge in [-0.3, -0.25) is 54.7 Å². The van der Waals surface area contributed by atoms with Gasteiger partial charge in [0.2, 0.25) is 29.5 Å². The Morgan fingerprint density at radius 2 is 0.876 bits per heavy atom. The Morgan fingerprint density at radius 1 is 0.457 bits per heavy atom.